The molecular weight excluding hydrogens is 1040 g/mol. The zero-order valence-corrected chi connectivity index (χ0v) is 42.0. The molecule has 6 amide bonds. The molecule has 0 unspecified atom stereocenters. The number of likely N-dealkylation sites (tertiary alicyclic amines) is 2. The van der Waals surface area contributed by atoms with Crippen LogP contribution in [0, 0.1) is 42.2 Å². The molecule has 28 nitrogen and oxygen atoms in total. The van der Waals surface area contributed by atoms with E-state index in [1.807, 2.05) is 0 Å². The largest absolute Gasteiger partial charge is 0.477 e. The van der Waals surface area contributed by atoms with E-state index >= 15 is 0 Å². The first-order valence-corrected chi connectivity index (χ1v) is 24.9. The van der Waals surface area contributed by atoms with Crippen LogP contribution in [0.2, 0.25) is 0 Å². The van der Waals surface area contributed by atoms with Gasteiger partial charge in [0.15, 0.2) is 0 Å². The number of thioether (sulfide) groups is 1. The van der Waals surface area contributed by atoms with Gasteiger partial charge in [-0.25, -0.2) is 19.2 Å². The molecule has 0 bridgehead atoms. The highest BCUT2D eigenvalue weighted by Gasteiger charge is 2.60. The molecule has 7 atom stereocenters. The summed E-state index contributed by atoms with van der Waals surface area (Å²) in [5.41, 5.74) is 0.515. The maximum absolute atomic E-state index is 14.4. The molecule has 0 radical (unpaired) electrons. The van der Waals surface area contributed by atoms with Crippen LogP contribution in [0.1, 0.15) is 56.2 Å². The number of benzene rings is 3. The highest BCUT2D eigenvalue weighted by atomic mass is 32.2. The number of hydrogen-bond acceptors (Lipinski definition) is 19. The second kappa shape index (κ2) is 24.7. The number of fused-ring (bicyclic) bond motifs is 1. The minimum Gasteiger partial charge on any atom is -0.477 e. The number of alkyl carbamates (subject to hydrolysis) is 2. The van der Waals surface area contributed by atoms with E-state index in [1.165, 1.54) is 94.4 Å². The minimum absolute atomic E-state index is 0.0578. The van der Waals surface area contributed by atoms with Crippen LogP contribution in [-0.2, 0) is 53.2 Å². The first-order valence-electron chi connectivity index (χ1n) is 24.0. The number of amides is 6. The average molecular weight is 1090 g/mol. The summed E-state index contributed by atoms with van der Waals surface area (Å²) in [6.45, 7) is 2.38. The molecule has 4 aliphatic rings. The van der Waals surface area contributed by atoms with Crippen molar-refractivity contribution in [3.05, 3.63) is 130 Å². The number of aliphatic hydroxyl groups is 1. The van der Waals surface area contributed by atoms with Crippen LogP contribution >= 0.6 is 11.8 Å². The van der Waals surface area contributed by atoms with Gasteiger partial charge in [0.1, 0.15) is 31.6 Å². The van der Waals surface area contributed by atoms with Crippen molar-refractivity contribution in [1.82, 2.24) is 30.7 Å². The number of β-lactam (4-membered cyclic amide) rings is 1. The number of aliphatic hydroxyl groups excluding tert-OH is 1. The number of ether oxygens (including phenoxy) is 3. The third-order valence-electron chi connectivity index (χ3n) is 13.1. The molecule has 0 aromatic heterocycles. The fraction of sp³-hybridized carbons (Fsp3) is 0.417. The minimum atomic E-state index is -1.34. The van der Waals surface area contributed by atoms with Gasteiger partial charge in [0.25, 0.3) is 17.1 Å². The van der Waals surface area contributed by atoms with E-state index in [2.05, 4.69) is 20.9 Å². The molecule has 0 spiro atoms. The highest BCUT2D eigenvalue weighted by Crippen LogP contribution is 2.52. The number of carboxylic acids is 1. The van der Waals surface area contributed by atoms with Gasteiger partial charge in [-0.3, -0.25) is 65.3 Å². The number of nitrogens with zero attached hydrogens (tertiary/aromatic N) is 7. The summed E-state index contributed by atoms with van der Waals surface area (Å²) in [4.78, 5) is 132. The second-order valence-corrected chi connectivity index (χ2v) is 19.7. The molecule has 3 saturated heterocycles. The summed E-state index contributed by atoms with van der Waals surface area (Å²) < 4.78 is 15.9. The van der Waals surface area contributed by atoms with Crippen molar-refractivity contribution in [3.8, 4) is 0 Å². The standard InChI is InChI=1S/C48H52N10O18S/c1-26-39-38(27(2)59)43(62)55(39)40(44(63)64)41(26)77-35-20-36(54(22-35)48(67)76-25-30-9-15-34(16-10-30)58(72)73)42(61)53-19-17-31(21-53)50-37(60)4-3-18-49-45(51-46(65)74-23-28-5-11-32(12-6-28)56(68)69)52-47(66)75-24-29-7-13-33(14-8-29)57(70)71/h5-16,26-27,31,35-36,38-39,59H,3-4,17-25H2,1-2H3,(H,50,60)(H,63,64)(H2,49,51,52,65,66)/t26-,27-,31+,35+,36+,38-,39-/m1/s1. The Hall–Kier alpha value is -8.73. The zero-order valence-electron chi connectivity index (χ0n) is 41.2. The van der Waals surface area contributed by atoms with Gasteiger partial charge >= 0.3 is 24.2 Å². The first-order chi connectivity index (χ1) is 36.7. The van der Waals surface area contributed by atoms with Gasteiger partial charge in [-0.1, -0.05) is 6.92 Å². The smallest absolute Gasteiger partial charge is 0.414 e. The van der Waals surface area contributed by atoms with Crippen molar-refractivity contribution >= 4 is 76.8 Å². The Morgan fingerprint density at radius 2 is 1.30 bits per heavy atom. The Morgan fingerprint density at radius 3 is 1.78 bits per heavy atom. The lowest BCUT2D eigenvalue weighted by Gasteiger charge is -2.46. The molecule has 408 valence electrons. The summed E-state index contributed by atoms with van der Waals surface area (Å²) in [6, 6.07) is 13.6. The van der Waals surface area contributed by atoms with Crippen LogP contribution in [0.3, 0.4) is 0 Å². The first kappa shape index (κ1) is 56.0. The molecule has 3 aromatic carbocycles. The van der Waals surface area contributed by atoms with Crippen LogP contribution in [0.25, 0.3) is 0 Å². The second-order valence-electron chi connectivity index (χ2n) is 18.3. The van der Waals surface area contributed by atoms with Gasteiger partial charge in [0.2, 0.25) is 23.7 Å². The van der Waals surface area contributed by atoms with Gasteiger partial charge in [-0.15, -0.1) is 11.8 Å². The Bertz CT molecular complexity index is 2790. The normalized spacial score (nSPS) is 20.8. The van der Waals surface area contributed by atoms with Crippen molar-refractivity contribution in [2.24, 2.45) is 16.8 Å². The van der Waals surface area contributed by atoms with Crippen molar-refractivity contribution in [2.45, 2.75) is 88.8 Å². The van der Waals surface area contributed by atoms with Crippen LogP contribution in [0.15, 0.2) is 88.4 Å². The monoisotopic (exact) mass is 1090 g/mol. The van der Waals surface area contributed by atoms with Gasteiger partial charge in [-0.2, -0.15) is 0 Å². The third kappa shape index (κ3) is 13.8. The third-order valence-corrected chi connectivity index (χ3v) is 14.6. The van der Waals surface area contributed by atoms with E-state index in [1.54, 1.807) is 6.92 Å². The van der Waals surface area contributed by atoms with E-state index in [9.17, 15) is 74.1 Å². The number of nitrogens with one attached hydrogen (secondary N) is 3. The number of rotatable bonds is 19. The molecule has 3 fully saturated rings. The van der Waals surface area contributed by atoms with Crippen molar-refractivity contribution in [1.29, 1.82) is 0 Å². The average Bonchev–Trinajstić information content (AvgIpc) is 4.24. The van der Waals surface area contributed by atoms with Gasteiger partial charge in [0, 0.05) is 91.1 Å². The maximum atomic E-state index is 14.4. The van der Waals surface area contributed by atoms with Crippen molar-refractivity contribution in [3.63, 3.8) is 0 Å². The Morgan fingerprint density at radius 1 is 0.792 bits per heavy atom. The summed E-state index contributed by atoms with van der Waals surface area (Å²) >= 11 is 1.14. The number of carbonyl (C=O) groups is 7. The molecule has 4 heterocycles. The topological polar surface area (TPSA) is 375 Å². The number of nitro groups is 3. The summed E-state index contributed by atoms with van der Waals surface area (Å²) in [6.07, 6.45) is -3.65. The van der Waals surface area contributed by atoms with Gasteiger partial charge in [0.05, 0.1) is 32.8 Å². The Labute approximate surface area is 441 Å². The molecule has 29 heteroatoms. The van der Waals surface area contributed by atoms with Crippen LogP contribution in [-0.4, -0.2) is 143 Å². The molecule has 7 rings (SSSR count). The number of nitro benzene ring substituents is 3. The van der Waals surface area contributed by atoms with Crippen LogP contribution in [0.5, 0.6) is 0 Å². The number of non-ortho nitro benzene ring substituents is 3. The fourth-order valence-corrected chi connectivity index (χ4v) is 10.8. The Kier molecular flexibility index (Phi) is 18.0. The molecule has 5 N–H and O–H groups in total. The quantitative estimate of drug-likeness (QED) is 0.0215. The summed E-state index contributed by atoms with van der Waals surface area (Å²) in [5, 5.41) is 60.6. The van der Waals surface area contributed by atoms with Crippen molar-refractivity contribution in [2.75, 3.05) is 26.2 Å². The SMILES string of the molecule is C[C@@H](O)[C@H]1C(=O)N2C(C(=O)O)=C(S[C@H]3C[C@@H](C(=O)N4CC[C@H](NC(=O)CCCN=C(NC(=O)OCc5ccc([N+](=O)[O-])cc5)NC(=O)OCc5ccc([N+](=O)[O-])cc5)C4)N(C(=O)OCc4ccc([N+](=O)[O-])cc4)C3)[C@H](C)[C@H]12. The Balaban J connectivity index is 0.953. The summed E-state index contributed by atoms with van der Waals surface area (Å²) in [7, 11) is 0. The molecule has 0 saturated carbocycles. The van der Waals surface area contributed by atoms with E-state index in [0.29, 0.717) is 28.0 Å². The molecule has 77 heavy (non-hydrogen) atoms. The fourth-order valence-electron chi connectivity index (χ4n) is 9.24. The van der Waals surface area contributed by atoms with Gasteiger partial charge < -0.3 is 39.5 Å². The number of carbonyl (C=O) groups excluding carboxylic acids is 6. The number of carboxylic acid groups (broad SMARTS) is 1. The lowest BCUT2D eigenvalue weighted by Crippen LogP contribution is -2.63. The van der Waals surface area contributed by atoms with Crippen LogP contribution < -0.4 is 16.0 Å². The van der Waals surface area contributed by atoms with Crippen LogP contribution in [0.4, 0.5) is 31.4 Å². The van der Waals surface area contributed by atoms with E-state index in [0.717, 1.165) is 11.8 Å². The number of hydrogen-bond donors (Lipinski definition) is 5. The number of aliphatic imine (C=N–C) groups is 1. The number of guanidine groups is 1. The maximum Gasteiger partial charge on any atom is 0.414 e. The van der Waals surface area contributed by atoms with Gasteiger partial charge in [-0.05, 0) is 79.3 Å². The van der Waals surface area contributed by atoms with E-state index in [-0.39, 0.29) is 88.0 Å². The van der Waals surface area contributed by atoms with E-state index in [4.69, 9.17) is 14.2 Å². The molecule has 4 aliphatic heterocycles. The molecule has 3 aromatic rings. The molecule has 0 aliphatic carbocycles. The highest BCUT2D eigenvalue weighted by molar-refractivity contribution is 8.03. The van der Waals surface area contributed by atoms with Crippen molar-refractivity contribution < 1.29 is 72.8 Å². The lowest BCUT2D eigenvalue weighted by atomic mass is 9.79. The molecular formula is C48H52N10O18S. The lowest BCUT2D eigenvalue weighted by molar-refractivity contribution is -0.385. The predicted octanol–water partition coefficient (Wildman–Crippen LogP) is 4.08. The predicted molar refractivity (Wildman–Crippen MR) is 267 cm³/mol. The van der Waals surface area contributed by atoms with E-state index < -0.39 is 104 Å². The number of aliphatic carboxylic acids is 1. The summed E-state index contributed by atoms with van der Waals surface area (Å²) in [5.74, 6) is -4.44. The zero-order chi connectivity index (χ0) is 55.7.